The van der Waals surface area contributed by atoms with Crippen LogP contribution in [0.3, 0.4) is 0 Å². The Labute approximate surface area is 232 Å². The maximum absolute atomic E-state index is 15.1. The molecule has 12 heteroatoms. The SMILES string of the molecule is CSc1ccc(-c2ccc(-c3nc4cc(O[C@@H]5COC6[C@H](O)CO[C@@H]65)n(SF)c4cc3F)cc2)cc1.N#CN. The van der Waals surface area contributed by atoms with Gasteiger partial charge in [0.05, 0.1) is 24.2 Å². The standard InChI is InChI=1S/C26H22F2N2O4S2.CH2N2/c1-35-17-8-6-15(7-9-17)14-2-4-16(5-3-14)24-18(27)10-20-19(29-24)11-23(30(20)36-28)34-22-13-33-25-21(31)12-32-26(22)25;2-1-3/h2-11,21-22,25-26,31H,12-13H2,1H3;2H2/t21-,22-,25?,26-;/m1./s1. The molecule has 0 spiro atoms. The van der Waals surface area contributed by atoms with E-state index in [1.54, 1.807) is 17.8 Å². The highest BCUT2D eigenvalue weighted by Gasteiger charge is 2.48. The monoisotopic (exact) mass is 570 g/mol. The van der Waals surface area contributed by atoms with Crippen LogP contribution in [-0.2, 0) is 9.47 Å². The van der Waals surface area contributed by atoms with Crippen LogP contribution in [0.2, 0.25) is 0 Å². The third-order valence-electron chi connectivity index (χ3n) is 6.57. The molecule has 0 aliphatic carbocycles. The number of hydrogen-bond acceptors (Lipinski definition) is 9. The predicted octanol–water partition coefficient (Wildman–Crippen LogP) is 4.94. The lowest BCUT2D eigenvalue weighted by molar-refractivity contribution is 0.00776. The van der Waals surface area contributed by atoms with Gasteiger partial charge in [0, 0.05) is 22.6 Å². The molecular weight excluding hydrogens is 546 g/mol. The van der Waals surface area contributed by atoms with E-state index < -0.39 is 30.2 Å². The Morgan fingerprint density at radius 1 is 1.05 bits per heavy atom. The van der Waals surface area contributed by atoms with Crippen molar-refractivity contribution < 1.29 is 27.6 Å². The first kappa shape index (κ1) is 27.2. The molecule has 4 aromatic rings. The van der Waals surface area contributed by atoms with E-state index >= 15 is 4.39 Å². The number of halogens is 2. The minimum Gasteiger partial charge on any atom is -0.469 e. The molecule has 0 amide bonds. The van der Waals surface area contributed by atoms with Gasteiger partial charge in [-0.2, -0.15) is 5.26 Å². The summed E-state index contributed by atoms with van der Waals surface area (Å²) in [6.07, 6.45) is 1.12. The lowest BCUT2D eigenvalue weighted by Crippen LogP contribution is -2.34. The summed E-state index contributed by atoms with van der Waals surface area (Å²) in [5, 5.41) is 17.0. The van der Waals surface area contributed by atoms with E-state index in [1.165, 1.54) is 17.2 Å². The molecule has 39 heavy (non-hydrogen) atoms. The second kappa shape index (κ2) is 11.8. The zero-order chi connectivity index (χ0) is 27.5. The van der Waals surface area contributed by atoms with Gasteiger partial charge in [-0.25, -0.2) is 13.3 Å². The lowest BCUT2D eigenvalue weighted by atomic mass is 10.0. The fourth-order valence-electron chi connectivity index (χ4n) is 4.72. The summed E-state index contributed by atoms with van der Waals surface area (Å²) in [7, 11) is 0. The highest BCUT2D eigenvalue weighted by atomic mass is 32.2. The molecule has 4 heterocycles. The van der Waals surface area contributed by atoms with Crippen molar-refractivity contribution in [3.05, 3.63) is 66.5 Å². The smallest absolute Gasteiger partial charge is 0.209 e. The Hall–Kier alpha value is -3.34. The summed E-state index contributed by atoms with van der Waals surface area (Å²) in [6, 6.07) is 18.6. The second-order valence-corrected chi connectivity index (χ2v) is 10.2. The number of nitrogens with two attached hydrogens (primary N) is 1. The normalized spacial score (nSPS) is 21.7. The topological polar surface area (TPSA) is 116 Å². The highest BCUT2D eigenvalue weighted by Crippen LogP contribution is 2.36. The van der Waals surface area contributed by atoms with Crippen molar-refractivity contribution in [3.8, 4) is 34.5 Å². The zero-order valence-electron chi connectivity index (χ0n) is 20.7. The molecule has 202 valence electrons. The molecule has 2 fully saturated rings. The van der Waals surface area contributed by atoms with Crippen LogP contribution in [0.25, 0.3) is 33.4 Å². The molecule has 4 atom stereocenters. The van der Waals surface area contributed by atoms with Crippen LogP contribution in [0.1, 0.15) is 0 Å². The third kappa shape index (κ3) is 5.41. The van der Waals surface area contributed by atoms with Crippen molar-refractivity contribution in [2.24, 2.45) is 5.73 Å². The van der Waals surface area contributed by atoms with Gasteiger partial charge in [0.15, 0.2) is 30.4 Å². The number of benzene rings is 2. The molecule has 0 bridgehead atoms. The van der Waals surface area contributed by atoms with Gasteiger partial charge in [0.25, 0.3) is 0 Å². The van der Waals surface area contributed by atoms with E-state index in [9.17, 15) is 8.99 Å². The summed E-state index contributed by atoms with van der Waals surface area (Å²) >= 11 is 1.59. The van der Waals surface area contributed by atoms with Crippen LogP contribution < -0.4 is 10.5 Å². The van der Waals surface area contributed by atoms with E-state index in [2.05, 4.69) is 35.0 Å². The van der Waals surface area contributed by atoms with E-state index in [4.69, 9.17) is 19.5 Å². The lowest BCUT2D eigenvalue weighted by Gasteiger charge is -2.17. The van der Waals surface area contributed by atoms with Crippen molar-refractivity contribution in [2.45, 2.75) is 29.3 Å². The summed E-state index contributed by atoms with van der Waals surface area (Å²) in [6.45, 7) is 0.359. The molecule has 2 aromatic carbocycles. The first-order valence-electron chi connectivity index (χ1n) is 11.9. The zero-order valence-corrected chi connectivity index (χ0v) is 22.3. The number of pyridine rings is 1. The van der Waals surface area contributed by atoms with Crippen molar-refractivity contribution in [1.29, 1.82) is 5.26 Å². The number of nitrogens with zero attached hydrogens (tertiary/aromatic N) is 3. The molecule has 2 aliphatic rings. The van der Waals surface area contributed by atoms with Gasteiger partial charge in [-0.05, 0) is 29.5 Å². The van der Waals surface area contributed by atoms with Gasteiger partial charge in [-0.3, -0.25) is 0 Å². The summed E-state index contributed by atoms with van der Waals surface area (Å²) < 4.78 is 47.4. The van der Waals surface area contributed by atoms with Gasteiger partial charge in [0.2, 0.25) is 5.88 Å². The molecule has 2 aliphatic heterocycles. The molecule has 8 nitrogen and oxygen atoms in total. The number of aliphatic hydroxyl groups excluding tert-OH is 1. The Balaban J connectivity index is 0.000000983. The number of aromatic nitrogens is 2. The number of ether oxygens (including phenoxy) is 3. The van der Waals surface area contributed by atoms with Gasteiger partial charge in [-0.15, -0.1) is 15.6 Å². The van der Waals surface area contributed by atoms with E-state index in [1.807, 2.05) is 30.5 Å². The number of rotatable bonds is 6. The van der Waals surface area contributed by atoms with Crippen molar-refractivity contribution in [1.82, 2.24) is 8.96 Å². The molecule has 2 saturated heterocycles. The maximum Gasteiger partial charge on any atom is 0.209 e. The van der Waals surface area contributed by atoms with Crippen LogP contribution in [0.5, 0.6) is 5.88 Å². The van der Waals surface area contributed by atoms with E-state index in [-0.39, 0.29) is 42.6 Å². The predicted molar refractivity (Wildman–Crippen MR) is 146 cm³/mol. The number of aliphatic hydroxyl groups is 1. The number of thioether (sulfide) groups is 1. The molecule has 1 unspecified atom stereocenters. The van der Waals surface area contributed by atoms with E-state index in [0.29, 0.717) is 11.1 Å². The number of hydrogen-bond donors (Lipinski definition) is 2. The van der Waals surface area contributed by atoms with Crippen molar-refractivity contribution >= 4 is 35.1 Å². The van der Waals surface area contributed by atoms with E-state index in [0.717, 1.165) is 15.1 Å². The number of nitriles is 1. The van der Waals surface area contributed by atoms with Crippen LogP contribution in [0, 0.1) is 17.3 Å². The minimum atomic E-state index is -0.718. The molecular formula is C27H24F2N4O4S2. The van der Waals surface area contributed by atoms with Crippen LogP contribution >= 0.6 is 24.1 Å². The fraction of sp³-hybridized carbons (Fsp3) is 0.259. The van der Waals surface area contributed by atoms with Gasteiger partial charge >= 0.3 is 0 Å². The maximum atomic E-state index is 15.1. The summed E-state index contributed by atoms with van der Waals surface area (Å²) in [4.78, 5) is 5.68. The summed E-state index contributed by atoms with van der Waals surface area (Å²) in [5.41, 5.74) is 7.67. The molecule has 6 rings (SSSR count). The Morgan fingerprint density at radius 2 is 1.67 bits per heavy atom. The van der Waals surface area contributed by atoms with Crippen LogP contribution in [0.15, 0.2) is 65.6 Å². The average Bonchev–Trinajstić information content (AvgIpc) is 3.63. The first-order chi connectivity index (χ1) is 19.0. The molecule has 3 N–H and O–H groups in total. The van der Waals surface area contributed by atoms with Gasteiger partial charge in [-0.1, -0.05) is 36.4 Å². The van der Waals surface area contributed by atoms with Gasteiger partial charge < -0.3 is 25.1 Å². The molecule has 0 radical (unpaired) electrons. The van der Waals surface area contributed by atoms with Crippen LogP contribution in [0.4, 0.5) is 8.28 Å². The molecule has 2 aromatic heterocycles. The Kier molecular flexibility index (Phi) is 8.25. The minimum absolute atomic E-state index is 0.0943. The summed E-state index contributed by atoms with van der Waals surface area (Å²) in [5.74, 6) is -0.393. The Morgan fingerprint density at radius 3 is 2.31 bits per heavy atom. The average molecular weight is 571 g/mol. The third-order valence-corrected chi connectivity index (χ3v) is 7.83. The molecule has 0 saturated carbocycles. The quantitative estimate of drug-likeness (QED) is 0.189. The fourth-order valence-corrected chi connectivity index (χ4v) is 5.51. The number of fused-ring (bicyclic) bond motifs is 2. The second-order valence-electron chi connectivity index (χ2n) is 8.82. The van der Waals surface area contributed by atoms with Crippen molar-refractivity contribution in [3.63, 3.8) is 0 Å². The van der Waals surface area contributed by atoms with Crippen LogP contribution in [-0.4, -0.2) is 57.9 Å². The highest BCUT2D eigenvalue weighted by molar-refractivity contribution is 7.98. The largest absolute Gasteiger partial charge is 0.469 e. The van der Waals surface area contributed by atoms with Gasteiger partial charge in [0.1, 0.15) is 24.0 Å². The first-order valence-corrected chi connectivity index (χ1v) is 13.8. The van der Waals surface area contributed by atoms with Crippen molar-refractivity contribution in [2.75, 3.05) is 19.5 Å². The Bertz CT molecular complexity index is 1500.